The smallest absolute Gasteiger partial charge is 0.336 e. The molecular formula is C15H15NO5. The van der Waals surface area contributed by atoms with Gasteiger partial charge in [0.1, 0.15) is 0 Å². The molecule has 21 heavy (non-hydrogen) atoms. The Morgan fingerprint density at radius 3 is 2.43 bits per heavy atom. The van der Waals surface area contributed by atoms with Crippen LogP contribution in [0.4, 0.5) is 0 Å². The Hall–Kier alpha value is -2.21. The van der Waals surface area contributed by atoms with Crippen molar-refractivity contribution in [2.24, 2.45) is 5.92 Å². The third kappa shape index (κ3) is 2.42. The first-order valence-corrected chi connectivity index (χ1v) is 6.89. The first kappa shape index (κ1) is 13.8. The summed E-state index contributed by atoms with van der Waals surface area (Å²) in [7, 11) is 0. The summed E-state index contributed by atoms with van der Waals surface area (Å²) in [6.45, 7) is 2.35. The van der Waals surface area contributed by atoms with E-state index >= 15 is 0 Å². The van der Waals surface area contributed by atoms with Crippen LogP contribution >= 0.6 is 0 Å². The van der Waals surface area contributed by atoms with Crippen molar-refractivity contribution in [3.63, 3.8) is 0 Å². The van der Waals surface area contributed by atoms with Gasteiger partial charge in [0, 0.05) is 6.61 Å². The van der Waals surface area contributed by atoms with Crippen LogP contribution in [-0.2, 0) is 14.4 Å². The standard InChI is InChI=1S/C15H15NO5/c1-9-8-10(6-7-20-9)15(19)21-16-13(17)11-4-2-3-5-12(11)14(16)18/h2-5,9-10H,6-8H2,1H3. The van der Waals surface area contributed by atoms with Crippen molar-refractivity contribution in [2.45, 2.75) is 25.9 Å². The molecule has 2 atom stereocenters. The third-order valence-corrected chi connectivity index (χ3v) is 3.76. The Bertz CT molecular complexity index is 577. The zero-order valence-electron chi connectivity index (χ0n) is 11.6. The van der Waals surface area contributed by atoms with E-state index in [-0.39, 0.29) is 23.1 Å². The number of hydroxylamine groups is 2. The molecule has 2 aliphatic rings. The Balaban J connectivity index is 1.73. The Kier molecular flexibility index (Phi) is 3.47. The number of carbonyl (C=O) groups is 3. The Morgan fingerprint density at radius 1 is 1.24 bits per heavy atom. The van der Waals surface area contributed by atoms with Crippen molar-refractivity contribution in [1.29, 1.82) is 0 Å². The fourth-order valence-corrected chi connectivity index (χ4v) is 2.63. The molecule has 0 saturated carbocycles. The minimum Gasteiger partial charge on any atom is -0.378 e. The monoisotopic (exact) mass is 289 g/mol. The summed E-state index contributed by atoms with van der Waals surface area (Å²) in [5.74, 6) is -2.09. The largest absolute Gasteiger partial charge is 0.378 e. The van der Waals surface area contributed by atoms with Gasteiger partial charge in [0.05, 0.1) is 23.1 Å². The molecule has 2 amide bonds. The normalized spacial score (nSPS) is 24.9. The van der Waals surface area contributed by atoms with Crippen LogP contribution in [0.2, 0.25) is 0 Å². The van der Waals surface area contributed by atoms with Gasteiger partial charge in [-0.1, -0.05) is 17.2 Å². The van der Waals surface area contributed by atoms with Gasteiger partial charge in [0.25, 0.3) is 11.8 Å². The van der Waals surface area contributed by atoms with E-state index in [4.69, 9.17) is 9.57 Å². The van der Waals surface area contributed by atoms with Gasteiger partial charge >= 0.3 is 5.97 Å². The summed E-state index contributed by atoms with van der Waals surface area (Å²) in [5.41, 5.74) is 0.520. The molecule has 0 spiro atoms. The molecule has 2 unspecified atom stereocenters. The number of nitrogens with zero attached hydrogens (tertiary/aromatic N) is 1. The van der Waals surface area contributed by atoms with Gasteiger partial charge in [-0.2, -0.15) is 0 Å². The van der Waals surface area contributed by atoms with Gasteiger partial charge < -0.3 is 9.57 Å². The predicted molar refractivity (Wildman–Crippen MR) is 71.2 cm³/mol. The van der Waals surface area contributed by atoms with Gasteiger partial charge in [-0.05, 0) is 31.9 Å². The SMILES string of the molecule is CC1CC(C(=O)ON2C(=O)c3ccccc3C2=O)CCO1. The number of hydrogen-bond acceptors (Lipinski definition) is 5. The first-order valence-electron chi connectivity index (χ1n) is 6.89. The lowest BCUT2D eigenvalue weighted by Gasteiger charge is -2.26. The molecule has 6 heteroatoms. The van der Waals surface area contributed by atoms with Crippen LogP contribution in [0.5, 0.6) is 0 Å². The zero-order valence-corrected chi connectivity index (χ0v) is 11.6. The van der Waals surface area contributed by atoms with Gasteiger partial charge in [0.15, 0.2) is 0 Å². The van der Waals surface area contributed by atoms with Gasteiger partial charge in [-0.25, -0.2) is 4.79 Å². The van der Waals surface area contributed by atoms with Crippen LogP contribution in [0.1, 0.15) is 40.5 Å². The molecule has 1 saturated heterocycles. The Labute approximate surface area is 121 Å². The second-order valence-corrected chi connectivity index (χ2v) is 5.26. The van der Waals surface area contributed by atoms with E-state index in [2.05, 4.69) is 0 Å². The summed E-state index contributed by atoms with van der Waals surface area (Å²) in [6, 6.07) is 6.41. The second kappa shape index (κ2) is 5.29. The highest BCUT2D eigenvalue weighted by molar-refractivity contribution is 6.20. The predicted octanol–water partition coefficient (Wildman–Crippen LogP) is 1.56. The molecule has 0 aromatic heterocycles. The molecule has 2 aliphatic heterocycles. The van der Waals surface area contributed by atoms with Crippen molar-refractivity contribution < 1.29 is 24.0 Å². The van der Waals surface area contributed by atoms with Crippen molar-refractivity contribution in [3.8, 4) is 0 Å². The second-order valence-electron chi connectivity index (χ2n) is 5.26. The van der Waals surface area contributed by atoms with Crippen molar-refractivity contribution >= 4 is 17.8 Å². The number of benzene rings is 1. The van der Waals surface area contributed by atoms with E-state index in [0.717, 1.165) is 0 Å². The van der Waals surface area contributed by atoms with Gasteiger partial charge in [-0.3, -0.25) is 9.59 Å². The lowest BCUT2D eigenvalue weighted by atomic mass is 9.97. The number of amides is 2. The molecule has 0 bridgehead atoms. The van der Waals surface area contributed by atoms with Crippen LogP contribution in [0.25, 0.3) is 0 Å². The highest BCUT2D eigenvalue weighted by atomic mass is 16.7. The van der Waals surface area contributed by atoms with Crippen LogP contribution in [0, 0.1) is 5.92 Å². The van der Waals surface area contributed by atoms with E-state index < -0.39 is 17.8 Å². The van der Waals surface area contributed by atoms with Crippen molar-refractivity contribution in [2.75, 3.05) is 6.61 Å². The molecule has 1 aromatic rings. The zero-order chi connectivity index (χ0) is 15.0. The summed E-state index contributed by atoms with van der Waals surface area (Å²) < 4.78 is 5.37. The maximum Gasteiger partial charge on any atom is 0.336 e. The number of rotatable bonds is 2. The van der Waals surface area contributed by atoms with Crippen LogP contribution in [-0.4, -0.2) is 35.6 Å². The van der Waals surface area contributed by atoms with Gasteiger partial charge in [-0.15, -0.1) is 0 Å². The third-order valence-electron chi connectivity index (χ3n) is 3.76. The molecule has 0 aliphatic carbocycles. The fourth-order valence-electron chi connectivity index (χ4n) is 2.63. The summed E-state index contributed by atoms with van der Waals surface area (Å²) in [4.78, 5) is 41.3. The number of carbonyl (C=O) groups excluding carboxylic acids is 3. The number of hydrogen-bond donors (Lipinski definition) is 0. The topological polar surface area (TPSA) is 72.9 Å². The summed E-state index contributed by atoms with van der Waals surface area (Å²) in [6.07, 6.45) is 1.03. The lowest BCUT2D eigenvalue weighted by molar-refractivity contribution is -0.178. The maximum atomic E-state index is 12.1. The highest BCUT2D eigenvalue weighted by Crippen LogP contribution is 2.26. The first-order chi connectivity index (χ1) is 10.1. The number of imide groups is 1. The average Bonchev–Trinajstić information content (AvgIpc) is 2.73. The van der Waals surface area contributed by atoms with E-state index in [1.54, 1.807) is 24.3 Å². The average molecular weight is 289 g/mol. The van der Waals surface area contributed by atoms with E-state index in [1.165, 1.54) is 0 Å². The van der Waals surface area contributed by atoms with E-state index in [0.29, 0.717) is 24.5 Å². The van der Waals surface area contributed by atoms with Gasteiger partial charge in [0.2, 0.25) is 0 Å². The molecule has 1 fully saturated rings. The van der Waals surface area contributed by atoms with Crippen molar-refractivity contribution in [1.82, 2.24) is 5.06 Å². The minimum absolute atomic E-state index is 0.0292. The maximum absolute atomic E-state index is 12.1. The molecule has 0 N–H and O–H groups in total. The van der Waals surface area contributed by atoms with Crippen LogP contribution < -0.4 is 0 Å². The van der Waals surface area contributed by atoms with Crippen molar-refractivity contribution in [3.05, 3.63) is 35.4 Å². The molecule has 0 radical (unpaired) electrons. The molecule has 3 rings (SSSR count). The summed E-state index contributed by atoms with van der Waals surface area (Å²) in [5, 5.41) is 0.563. The molecule has 6 nitrogen and oxygen atoms in total. The molecule has 2 heterocycles. The minimum atomic E-state index is -0.593. The summed E-state index contributed by atoms with van der Waals surface area (Å²) >= 11 is 0. The molecule has 1 aromatic carbocycles. The highest BCUT2D eigenvalue weighted by Gasteiger charge is 2.40. The number of ether oxygens (including phenoxy) is 1. The van der Waals surface area contributed by atoms with Crippen LogP contribution in [0.15, 0.2) is 24.3 Å². The lowest BCUT2D eigenvalue weighted by Crippen LogP contribution is -2.37. The molecular weight excluding hydrogens is 274 g/mol. The molecule has 110 valence electrons. The number of fused-ring (bicyclic) bond motifs is 1. The van der Waals surface area contributed by atoms with E-state index in [1.807, 2.05) is 6.92 Å². The fraction of sp³-hybridized carbons (Fsp3) is 0.400. The Morgan fingerprint density at radius 2 is 1.86 bits per heavy atom. The quantitative estimate of drug-likeness (QED) is 0.772. The van der Waals surface area contributed by atoms with Crippen LogP contribution in [0.3, 0.4) is 0 Å². The van der Waals surface area contributed by atoms with E-state index in [9.17, 15) is 14.4 Å².